The van der Waals surface area contributed by atoms with Crippen molar-refractivity contribution in [1.82, 2.24) is 4.90 Å². The molecule has 1 atom stereocenters. The molecule has 3 aromatic rings. The fourth-order valence-electron chi connectivity index (χ4n) is 3.75. The summed E-state index contributed by atoms with van der Waals surface area (Å²) < 4.78 is 44.5. The van der Waals surface area contributed by atoms with Gasteiger partial charge in [-0.25, -0.2) is 0 Å². The van der Waals surface area contributed by atoms with E-state index in [1.54, 1.807) is 17.0 Å². The summed E-state index contributed by atoms with van der Waals surface area (Å²) in [4.78, 5) is 27.1. The largest absolute Gasteiger partial charge is 0.451 e. The number of rotatable bonds is 4. The minimum absolute atomic E-state index is 0.0292. The summed E-state index contributed by atoms with van der Waals surface area (Å²) in [7, 11) is 0. The molecule has 0 aliphatic carbocycles. The number of carbonyl (C=O) groups is 2. The van der Waals surface area contributed by atoms with E-state index < -0.39 is 11.7 Å². The van der Waals surface area contributed by atoms with Crippen molar-refractivity contribution < 1.29 is 27.2 Å². The monoisotopic (exact) mass is 442 g/mol. The molecule has 0 bridgehead atoms. The lowest BCUT2D eigenvalue weighted by molar-refractivity contribution is -0.137. The molecule has 2 aromatic carbocycles. The normalized spacial score (nSPS) is 16.6. The number of hydrogen-bond donors (Lipinski definition) is 1. The first kappa shape index (κ1) is 21.7. The molecule has 4 rings (SSSR count). The Bertz CT molecular complexity index is 1110. The van der Waals surface area contributed by atoms with Crippen LogP contribution in [0.1, 0.15) is 29.0 Å². The first-order valence-electron chi connectivity index (χ1n) is 10.2. The number of piperidine rings is 1. The topological polar surface area (TPSA) is 62.6 Å². The van der Waals surface area contributed by atoms with Gasteiger partial charge in [0.25, 0.3) is 5.91 Å². The van der Waals surface area contributed by atoms with Gasteiger partial charge in [-0.1, -0.05) is 30.3 Å². The molecule has 5 nitrogen and oxygen atoms in total. The highest BCUT2D eigenvalue weighted by Crippen LogP contribution is 2.33. The number of anilines is 1. The second-order valence-electron chi connectivity index (χ2n) is 7.69. The fourth-order valence-corrected chi connectivity index (χ4v) is 3.75. The van der Waals surface area contributed by atoms with E-state index in [4.69, 9.17) is 4.42 Å². The first-order valence-corrected chi connectivity index (χ1v) is 10.2. The predicted molar refractivity (Wildman–Crippen MR) is 113 cm³/mol. The van der Waals surface area contributed by atoms with Crippen LogP contribution >= 0.6 is 0 Å². The van der Waals surface area contributed by atoms with E-state index >= 15 is 0 Å². The highest BCUT2D eigenvalue weighted by Gasteiger charge is 2.32. The predicted octanol–water partition coefficient (Wildman–Crippen LogP) is 5.46. The van der Waals surface area contributed by atoms with Gasteiger partial charge in [0, 0.05) is 24.3 Å². The number of carbonyl (C=O) groups excluding carboxylic acids is 2. The number of hydrogen-bond acceptors (Lipinski definition) is 3. The van der Waals surface area contributed by atoms with Crippen molar-refractivity contribution in [3.63, 3.8) is 0 Å². The van der Waals surface area contributed by atoms with Crippen LogP contribution < -0.4 is 5.32 Å². The Morgan fingerprint density at radius 3 is 2.53 bits per heavy atom. The third-order valence-corrected chi connectivity index (χ3v) is 5.41. The SMILES string of the molecule is O=C(Nc1ccccc1)[C@@H]1CCCN(C(=O)c2ccc(-c3cccc(C(F)(F)F)c3)o2)C1. The number of nitrogens with one attached hydrogen (secondary N) is 1. The van der Waals surface area contributed by atoms with Gasteiger partial charge in [0.1, 0.15) is 5.76 Å². The molecular weight excluding hydrogens is 421 g/mol. The summed E-state index contributed by atoms with van der Waals surface area (Å²) in [6.45, 7) is 0.727. The van der Waals surface area contributed by atoms with Crippen LogP contribution in [0.2, 0.25) is 0 Å². The maximum absolute atomic E-state index is 13.0. The summed E-state index contributed by atoms with van der Waals surface area (Å²) in [5.74, 6) is -0.694. The van der Waals surface area contributed by atoms with Gasteiger partial charge in [0.2, 0.25) is 5.91 Å². The number of likely N-dealkylation sites (tertiary alicyclic amines) is 1. The van der Waals surface area contributed by atoms with E-state index in [-0.39, 0.29) is 41.4 Å². The second kappa shape index (κ2) is 8.90. The minimum Gasteiger partial charge on any atom is -0.451 e. The Morgan fingerprint density at radius 2 is 1.78 bits per heavy atom. The minimum atomic E-state index is -4.47. The molecule has 1 N–H and O–H groups in total. The summed E-state index contributed by atoms with van der Waals surface area (Å²) >= 11 is 0. The van der Waals surface area contributed by atoms with E-state index in [0.29, 0.717) is 25.1 Å². The number of furan rings is 1. The third kappa shape index (κ3) is 4.85. The highest BCUT2D eigenvalue weighted by molar-refractivity contribution is 5.95. The van der Waals surface area contributed by atoms with Crippen LogP contribution in [0, 0.1) is 5.92 Å². The second-order valence-corrected chi connectivity index (χ2v) is 7.69. The Hall–Kier alpha value is -3.55. The molecule has 32 heavy (non-hydrogen) atoms. The molecular formula is C24H21F3N2O3. The van der Waals surface area contributed by atoms with E-state index in [9.17, 15) is 22.8 Å². The number of benzene rings is 2. The quantitative estimate of drug-likeness (QED) is 0.584. The molecule has 1 aliphatic heterocycles. The van der Waals surface area contributed by atoms with Crippen LogP contribution in [0.5, 0.6) is 0 Å². The molecule has 0 radical (unpaired) electrons. The van der Waals surface area contributed by atoms with Gasteiger partial charge in [-0.05, 0) is 49.2 Å². The zero-order chi connectivity index (χ0) is 22.7. The van der Waals surface area contributed by atoms with Gasteiger partial charge < -0.3 is 14.6 Å². The van der Waals surface area contributed by atoms with Gasteiger partial charge in [-0.2, -0.15) is 13.2 Å². The third-order valence-electron chi connectivity index (χ3n) is 5.41. The maximum atomic E-state index is 13.0. The van der Waals surface area contributed by atoms with Crippen LogP contribution in [0.25, 0.3) is 11.3 Å². The summed E-state index contributed by atoms with van der Waals surface area (Å²) in [6.07, 6.45) is -3.14. The van der Waals surface area contributed by atoms with Gasteiger partial charge in [-0.15, -0.1) is 0 Å². The van der Waals surface area contributed by atoms with Crippen LogP contribution in [0.3, 0.4) is 0 Å². The molecule has 166 valence electrons. The average Bonchev–Trinajstić information content (AvgIpc) is 3.29. The van der Waals surface area contributed by atoms with Crippen molar-refractivity contribution in [2.24, 2.45) is 5.92 Å². The van der Waals surface area contributed by atoms with Crippen molar-refractivity contribution in [1.29, 1.82) is 0 Å². The van der Waals surface area contributed by atoms with Crippen molar-refractivity contribution in [3.8, 4) is 11.3 Å². The standard InChI is InChI=1S/C24H21F3N2O3/c25-24(26,27)18-8-4-6-16(14-18)20-11-12-21(32-20)23(31)29-13-5-7-17(15-29)22(30)28-19-9-2-1-3-10-19/h1-4,6,8-12,14,17H,5,7,13,15H2,(H,28,30)/t17-/m1/s1. The molecule has 0 saturated carbocycles. The zero-order valence-electron chi connectivity index (χ0n) is 17.1. The smallest absolute Gasteiger partial charge is 0.416 e. The van der Waals surface area contributed by atoms with E-state index in [0.717, 1.165) is 12.1 Å². The molecule has 2 heterocycles. The van der Waals surface area contributed by atoms with Crippen molar-refractivity contribution in [3.05, 3.63) is 78.1 Å². The van der Waals surface area contributed by atoms with Crippen molar-refractivity contribution in [2.45, 2.75) is 19.0 Å². The number of para-hydroxylation sites is 1. The Kier molecular flexibility index (Phi) is 6.03. The molecule has 1 fully saturated rings. The summed E-state index contributed by atoms with van der Waals surface area (Å²) in [5, 5.41) is 2.86. The Balaban J connectivity index is 1.45. The lowest BCUT2D eigenvalue weighted by Crippen LogP contribution is -2.43. The van der Waals surface area contributed by atoms with E-state index in [2.05, 4.69) is 5.32 Å². The molecule has 8 heteroatoms. The molecule has 0 spiro atoms. The molecule has 1 aliphatic rings. The van der Waals surface area contributed by atoms with Gasteiger partial charge in [-0.3, -0.25) is 9.59 Å². The first-order chi connectivity index (χ1) is 15.3. The maximum Gasteiger partial charge on any atom is 0.416 e. The van der Waals surface area contributed by atoms with Gasteiger partial charge >= 0.3 is 6.18 Å². The van der Waals surface area contributed by atoms with Crippen molar-refractivity contribution in [2.75, 3.05) is 18.4 Å². The molecule has 2 amide bonds. The Morgan fingerprint density at radius 1 is 1.00 bits per heavy atom. The van der Waals surface area contributed by atoms with Gasteiger partial charge in [0.15, 0.2) is 5.76 Å². The van der Waals surface area contributed by atoms with Crippen LogP contribution in [-0.4, -0.2) is 29.8 Å². The lowest BCUT2D eigenvalue weighted by atomic mass is 9.96. The van der Waals surface area contributed by atoms with Crippen LogP contribution in [0.15, 0.2) is 71.1 Å². The Labute approximate surface area is 182 Å². The number of amides is 2. The van der Waals surface area contributed by atoms with E-state index in [1.165, 1.54) is 24.3 Å². The molecule has 0 unspecified atom stereocenters. The number of halogens is 3. The van der Waals surface area contributed by atoms with Crippen LogP contribution in [-0.2, 0) is 11.0 Å². The summed E-state index contributed by atoms with van der Waals surface area (Å²) in [6, 6.07) is 16.8. The summed E-state index contributed by atoms with van der Waals surface area (Å²) in [5.41, 5.74) is 0.137. The molecule has 1 aromatic heterocycles. The average molecular weight is 442 g/mol. The highest BCUT2D eigenvalue weighted by atomic mass is 19.4. The fraction of sp³-hybridized carbons (Fsp3) is 0.250. The van der Waals surface area contributed by atoms with Gasteiger partial charge in [0.05, 0.1) is 11.5 Å². The molecule has 1 saturated heterocycles. The number of alkyl halides is 3. The van der Waals surface area contributed by atoms with Crippen molar-refractivity contribution >= 4 is 17.5 Å². The lowest BCUT2D eigenvalue weighted by Gasteiger charge is -2.31. The number of nitrogens with zero attached hydrogens (tertiary/aromatic N) is 1. The zero-order valence-corrected chi connectivity index (χ0v) is 17.1. The van der Waals surface area contributed by atoms with Crippen LogP contribution in [0.4, 0.5) is 18.9 Å². The van der Waals surface area contributed by atoms with E-state index in [1.807, 2.05) is 18.2 Å².